The third kappa shape index (κ3) is 2.97. The average molecular weight is 408 g/mol. The molecule has 2 saturated heterocycles. The molecule has 2 aliphatic heterocycles. The highest BCUT2D eigenvalue weighted by molar-refractivity contribution is 6.09. The Bertz CT molecular complexity index is 992. The Morgan fingerprint density at radius 2 is 1.73 bits per heavy atom. The van der Waals surface area contributed by atoms with E-state index in [1.54, 1.807) is 18.2 Å². The molecule has 2 heterocycles. The minimum Gasteiger partial charge on any atom is -0.508 e. The Balaban J connectivity index is 1.80. The zero-order valence-corrected chi connectivity index (χ0v) is 16.6. The molecule has 3 N–H and O–H groups in total. The van der Waals surface area contributed by atoms with Crippen molar-refractivity contribution in [3.63, 3.8) is 0 Å². The number of likely N-dealkylation sites (tertiary alicyclic amines) is 1. The quantitative estimate of drug-likeness (QED) is 0.634. The number of imide groups is 1. The zero-order chi connectivity index (χ0) is 21.5. The summed E-state index contributed by atoms with van der Waals surface area (Å²) in [5.74, 6) is -4.00. The molecule has 0 aromatic heterocycles. The Morgan fingerprint density at radius 1 is 1.07 bits per heavy atom. The third-order valence-electron chi connectivity index (χ3n) is 6.23. The van der Waals surface area contributed by atoms with Gasteiger partial charge in [-0.2, -0.15) is 0 Å². The number of aromatic hydroxyl groups is 1. The van der Waals surface area contributed by atoms with Crippen molar-refractivity contribution in [2.45, 2.75) is 37.9 Å². The Labute approximate surface area is 174 Å². The molecule has 2 aromatic carbocycles. The number of para-hydroxylation sites is 1. The first-order valence-electron chi connectivity index (χ1n) is 10.1. The van der Waals surface area contributed by atoms with Crippen LogP contribution in [0.5, 0.6) is 5.75 Å². The first kappa shape index (κ1) is 20.1. The van der Waals surface area contributed by atoms with Gasteiger partial charge >= 0.3 is 5.97 Å². The molecule has 4 atom stereocenters. The number of hydrogen-bond donors (Lipinski definition) is 3. The number of carbonyl (C=O) groups is 3. The number of carboxylic acids is 1. The molecule has 0 bridgehead atoms. The van der Waals surface area contributed by atoms with Crippen molar-refractivity contribution in [3.8, 4) is 5.75 Å². The second-order valence-electron chi connectivity index (χ2n) is 7.96. The van der Waals surface area contributed by atoms with E-state index in [4.69, 9.17) is 0 Å². The number of rotatable bonds is 6. The first-order valence-corrected chi connectivity index (χ1v) is 10.1. The lowest BCUT2D eigenvalue weighted by atomic mass is 9.77. The normalized spacial score (nSPS) is 28.0. The fourth-order valence-corrected chi connectivity index (χ4v) is 4.93. The number of nitrogens with one attached hydrogen (secondary N) is 1. The number of fused-ring (bicyclic) bond motifs is 1. The molecule has 4 rings (SSSR count). The van der Waals surface area contributed by atoms with Crippen molar-refractivity contribution in [3.05, 3.63) is 65.7 Å². The van der Waals surface area contributed by atoms with Crippen LogP contribution < -0.4 is 5.32 Å². The molecule has 30 heavy (non-hydrogen) atoms. The van der Waals surface area contributed by atoms with Crippen LogP contribution in [0.2, 0.25) is 0 Å². The van der Waals surface area contributed by atoms with Gasteiger partial charge in [0.15, 0.2) is 0 Å². The number of hydrogen-bond acceptors (Lipinski definition) is 5. The Morgan fingerprint density at radius 3 is 2.37 bits per heavy atom. The fourth-order valence-electron chi connectivity index (χ4n) is 4.93. The van der Waals surface area contributed by atoms with Crippen molar-refractivity contribution >= 4 is 17.8 Å². The van der Waals surface area contributed by atoms with Crippen LogP contribution in [-0.2, 0) is 20.9 Å². The van der Waals surface area contributed by atoms with Crippen LogP contribution >= 0.6 is 0 Å². The standard InChI is InChI=1S/C23H24N2O5/c1-2-12-23(22(29)30)18-17(19(24-23)15-10-6-7-11-16(15)26)20(27)25(21(18)28)13-14-8-4-3-5-9-14/h3-11,17-19,24,26H,2,12-13H2,1H3,(H,29,30)/t17-,18-,19-,23+/m1/s1. The molecule has 0 radical (unpaired) electrons. The van der Waals surface area contributed by atoms with Gasteiger partial charge in [0.2, 0.25) is 11.8 Å². The number of nitrogens with zero attached hydrogens (tertiary/aromatic N) is 1. The number of aliphatic carboxylic acids is 1. The van der Waals surface area contributed by atoms with Crippen LogP contribution in [-0.4, -0.2) is 38.4 Å². The van der Waals surface area contributed by atoms with Gasteiger partial charge in [-0.25, -0.2) is 0 Å². The van der Waals surface area contributed by atoms with Crippen LogP contribution in [0.4, 0.5) is 0 Å². The van der Waals surface area contributed by atoms with Gasteiger partial charge < -0.3 is 10.2 Å². The van der Waals surface area contributed by atoms with E-state index < -0.39 is 41.2 Å². The minimum absolute atomic E-state index is 0.0341. The summed E-state index contributed by atoms with van der Waals surface area (Å²) in [5, 5.41) is 23.6. The van der Waals surface area contributed by atoms with E-state index in [9.17, 15) is 24.6 Å². The molecule has 0 unspecified atom stereocenters. The topological polar surface area (TPSA) is 107 Å². The van der Waals surface area contributed by atoms with Crippen LogP contribution in [0.1, 0.15) is 36.9 Å². The highest BCUT2D eigenvalue weighted by atomic mass is 16.4. The molecule has 0 aliphatic carbocycles. The minimum atomic E-state index is -1.56. The summed E-state index contributed by atoms with van der Waals surface area (Å²) in [5.41, 5.74) is -0.345. The number of amides is 2. The van der Waals surface area contributed by atoms with Gasteiger partial charge in [0.25, 0.3) is 0 Å². The van der Waals surface area contributed by atoms with E-state index in [0.717, 1.165) is 5.56 Å². The second kappa shape index (κ2) is 7.57. The number of carboxylic acid groups (broad SMARTS) is 1. The lowest BCUT2D eigenvalue weighted by Crippen LogP contribution is -2.55. The van der Waals surface area contributed by atoms with Crippen molar-refractivity contribution in [2.75, 3.05) is 0 Å². The summed E-state index contributed by atoms with van der Waals surface area (Å²) in [7, 11) is 0. The van der Waals surface area contributed by atoms with Gasteiger partial charge in [0.05, 0.1) is 18.4 Å². The Hall–Kier alpha value is -3.19. The maximum Gasteiger partial charge on any atom is 0.324 e. The van der Waals surface area contributed by atoms with Crippen LogP contribution in [0, 0.1) is 11.8 Å². The van der Waals surface area contributed by atoms with Gasteiger partial charge in [0.1, 0.15) is 11.3 Å². The second-order valence-corrected chi connectivity index (χ2v) is 7.96. The largest absolute Gasteiger partial charge is 0.508 e. The van der Waals surface area contributed by atoms with Crippen LogP contribution in [0.3, 0.4) is 0 Å². The molecule has 156 valence electrons. The molecule has 7 heteroatoms. The average Bonchev–Trinajstić information content (AvgIpc) is 3.20. The number of carbonyl (C=O) groups excluding carboxylic acids is 2. The lowest BCUT2D eigenvalue weighted by molar-refractivity contribution is -0.152. The van der Waals surface area contributed by atoms with Crippen LogP contribution in [0.25, 0.3) is 0 Å². The maximum absolute atomic E-state index is 13.4. The predicted octanol–water partition coefficient (Wildman–Crippen LogP) is 2.46. The van der Waals surface area contributed by atoms with Crippen molar-refractivity contribution in [1.29, 1.82) is 0 Å². The Kier molecular flexibility index (Phi) is 5.07. The van der Waals surface area contributed by atoms with Crippen molar-refractivity contribution in [2.24, 2.45) is 11.8 Å². The highest BCUT2D eigenvalue weighted by Crippen LogP contribution is 2.51. The zero-order valence-electron chi connectivity index (χ0n) is 16.6. The van der Waals surface area contributed by atoms with Gasteiger partial charge in [-0.05, 0) is 18.1 Å². The summed E-state index contributed by atoms with van der Waals surface area (Å²) >= 11 is 0. The first-order chi connectivity index (χ1) is 14.4. The third-order valence-corrected chi connectivity index (χ3v) is 6.23. The van der Waals surface area contributed by atoms with Crippen molar-refractivity contribution < 1.29 is 24.6 Å². The van der Waals surface area contributed by atoms with Gasteiger partial charge in [-0.15, -0.1) is 0 Å². The van der Waals surface area contributed by atoms with E-state index in [1.807, 2.05) is 37.3 Å². The lowest BCUT2D eigenvalue weighted by Gasteiger charge is -2.31. The van der Waals surface area contributed by atoms with Crippen LogP contribution in [0.15, 0.2) is 54.6 Å². The van der Waals surface area contributed by atoms with E-state index in [0.29, 0.717) is 12.0 Å². The number of phenolic OH excluding ortho intramolecular Hbond substituents is 1. The maximum atomic E-state index is 13.4. The highest BCUT2D eigenvalue weighted by Gasteiger charge is 2.68. The summed E-state index contributed by atoms with van der Waals surface area (Å²) < 4.78 is 0. The smallest absolute Gasteiger partial charge is 0.324 e. The monoisotopic (exact) mass is 408 g/mol. The van der Waals surface area contributed by atoms with Gasteiger partial charge in [-0.3, -0.25) is 24.6 Å². The summed E-state index contributed by atoms with van der Waals surface area (Å²) in [6.45, 7) is 1.94. The van der Waals surface area contributed by atoms with E-state index in [2.05, 4.69) is 5.32 Å². The number of phenols is 1. The van der Waals surface area contributed by atoms with Crippen molar-refractivity contribution in [1.82, 2.24) is 10.2 Å². The van der Waals surface area contributed by atoms with E-state index >= 15 is 0 Å². The molecule has 2 aromatic rings. The fraction of sp³-hybridized carbons (Fsp3) is 0.348. The summed E-state index contributed by atoms with van der Waals surface area (Å²) in [4.78, 5) is 40.4. The van der Waals surface area contributed by atoms with Gasteiger partial charge in [0, 0.05) is 11.6 Å². The van der Waals surface area contributed by atoms with E-state index in [1.165, 1.54) is 11.0 Å². The molecule has 2 amide bonds. The molecule has 2 aliphatic rings. The molecular weight excluding hydrogens is 384 g/mol. The SMILES string of the molecule is CCC[C@]1(C(=O)O)N[C@H](c2ccccc2O)[C@@H]2C(=O)N(Cc3ccccc3)C(=O)[C@@H]21. The molecular formula is C23H24N2O5. The molecule has 2 fully saturated rings. The molecule has 0 saturated carbocycles. The van der Waals surface area contributed by atoms with E-state index in [-0.39, 0.29) is 18.7 Å². The summed E-state index contributed by atoms with van der Waals surface area (Å²) in [6.07, 6.45) is 0.724. The van der Waals surface area contributed by atoms with Gasteiger partial charge in [-0.1, -0.05) is 61.9 Å². The predicted molar refractivity (Wildman–Crippen MR) is 108 cm³/mol. The summed E-state index contributed by atoms with van der Waals surface area (Å²) in [6, 6.07) is 14.9. The number of benzene rings is 2. The molecule has 7 nitrogen and oxygen atoms in total. The molecule has 0 spiro atoms.